The monoisotopic (exact) mass is 284 g/mol. The summed E-state index contributed by atoms with van der Waals surface area (Å²) >= 11 is 0. The minimum absolute atomic E-state index is 0.609. The van der Waals surface area contributed by atoms with Crippen molar-refractivity contribution in [3.8, 4) is 5.75 Å². The van der Waals surface area contributed by atoms with Crippen LogP contribution >= 0.6 is 0 Å². The summed E-state index contributed by atoms with van der Waals surface area (Å²) < 4.78 is 5.82. The van der Waals surface area contributed by atoms with Crippen LogP contribution in [0.15, 0.2) is 36.8 Å². The number of anilines is 1. The molecule has 0 saturated carbocycles. The Kier molecular flexibility index (Phi) is 4.28. The second-order valence-corrected chi connectivity index (χ2v) is 5.39. The van der Waals surface area contributed by atoms with Crippen LogP contribution in [-0.2, 0) is 0 Å². The molecule has 0 radical (unpaired) electrons. The van der Waals surface area contributed by atoms with Crippen LogP contribution in [0.1, 0.15) is 18.7 Å². The maximum atomic E-state index is 5.82. The molecule has 0 amide bonds. The molecule has 1 aliphatic heterocycles. The number of aryl methyl sites for hydroxylation is 1. The van der Waals surface area contributed by atoms with E-state index in [-0.39, 0.29) is 0 Å². The summed E-state index contributed by atoms with van der Waals surface area (Å²) in [6.45, 7) is 4.76. The molecular formula is C16H20N4O. The maximum Gasteiger partial charge on any atom is 0.132 e. The van der Waals surface area contributed by atoms with Crippen molar-refractivity contribution in [2.45, 2.75) is 19.8 Å². The first kappa shape index (κ1) is 13.8. The molecule has 0 unspecified atom stereocenters. The summed E-state index contributed by atoms with van der Waals surface area (Å²) in [5.74, 6) is 3.38. The molecular weight excluding hydrogens is 264 g/mol. The Balaban J connectivity index is 1.49. The average Bonchev–Trinajstić information content (AvgIpc) is 2.54. The zero-order valence-electron chi connectivity index (χ0n) is 12.3. The van der Waals surface area contributed by atoms with Gasteiger partial charge in [0.05, 0.1) is 6.61 Å². The van der Waals surface area contributed by atoms with E-state index in [9.17, 15) is 0 Å². The van der Waals surface area contributed by atoms with Crippen molar-refractivity contribution in [2.75, 3.05) is 24.6 Å². The Bertz CT molecular complexity index is 567. The van der Waals surface area contributed by atoms with Crippen LogP contribution < -0.4 is 9.64 Å². The van der Waals surface area contributed by atoms with E-state index >= 15 is 0 Å². The summed E-state index contributed by atoms with van der Waals surface area (Å²) in [6, 6.07) is 5.79. The van der Waals surface area contributed by atoms with Gasteiger partial charge in [0.1, 0.15) is 17.4 Å². The third kappa shape index (κ3) is 3.68. The van der Waals surface area contributed by atoms with Gasteiger partial charge in [-0.15, -0.1) is 0 Å². The lowest BCUT2D eigenvalue weighted by Gasteiger charge is -2.32. The van der Waals surface area contributed by atoms with E-state index in [0.717, 1.165) is 49.9 Å². The molecule has 0 N–H and O–H groups in total. The van der Waals surface area contributed by atoms with E-state index in [0.29, 0.717) is 5.92 Å². The zero-order chi connectivity index (χ0) is 14.5. The predicted molar refractivity (Wildman–Crippen MR) is 81.4 cm³/mol. The molecule has 5 heteroatoms. The van der Waals surface area contributed by atoms with Crippen molar-refractivity contribution in [1.29, 1.82) is 0 Å². The molecule has 0 atom stereocenters. The van der Waals surface area contributed by atoms with Crippen LogP contribution in [0.4, 0.5) is 5.82 Å². The first-order valence-corrected chi connectivity index (χ1v) is 7.39. The molecule has 110 valence electrons. The van der Waals surface area contributed by atoms with Crippen LogP contribution in [0.25, 0.3) is 0 Å². The Morgan fingerprint density at radius 3 is 2.62 bits per heavy atom. The minimum Gasteiger partial charge on any atom is -0.493 e. The van der Waals surface area contributed by atoms with Crippen molar-refractivity contribution in [2.24, 2.45) is 5.92 Å². The molecule has 3 rings (SSSR count). The number of nitrogens with zero attached hydrogens (tertiary/aromatic N) is 4. The van der Waals surface area contributed by atoms with E-state index in [2.05, 4.69) is 19.9 Å². The van der Waals surface area contributed by atoms with E-state index in [1.54, 1.807) is 12.4 Å². The van der Waals surface area contributed by atoms with Crippen LogP contribution in [-0.4, -0.2) is 34.6 Å². The normalized spacial score (nSPS) is 16.0. The molecule has 0 bridgehead atoms. The molecule has 3 heterocycles. The first-order valence-electron chi connectivity index (χ1n) is 7.39. The number of pyridine rings is 1. The summed E-state index contributed by atoms with van der Waals surface area (Å²) in [5.41, 5.74) is 0. The Hall–Kier alpha value is -2.17. The van der Waals surface area contributed by atoms with Crippen molar-refractivity contribution in [3.63, 3.8) is 0 Å². The summed E-state index contributed by atoms with van der Waals surface area (Å²) in [4.78, 5) is 15.0. The van der Waals surface area contributed by atoms with Crippen molar-refractivity contribution >= 4 is 5.82 Å². The summed E-state index contributed by atoms with van der Waals surface area (Å²) in [5, 5.41) is 0. The smallest absolute Gasteiger partial charge is 0.132 e. The third-order valence-corrected chi connectivity index (χ3v) is 3.84. The minimum atomic E-state index is 0.609. The number of hydrogen-bond donors (Lipinski definition) is 0. The standard InChI is InChI=1S/C16H20N4O/c1-13-18-9-4-16(19-13)20-10-5-14(6-11-20)12-21-15-2-7-17-8-3-15/h2-4,7-9,14H,5-6,10-12H2,1H3. The molecule has 0 aromatic carbocycles. The highest BCUT2D eigenvalue weighted by Crippen LogP contribution is 2.22. The van der Waals surface area contributed by atoms with Gasteiger partial charge in [0.25, 0.3) is 0 Å². The molecule has 0 spiro atoms. The van der Waals surface area contributed by atoms with Crippen LogP contribution in [0.2, 0.25) is 0 Å². The Labute approximate surface area is 125 Å². The lowest BCUT2D eigenvalue weighted by molar-refractivity contribution is 0.222. The molecule has 1 aliphatic rings. The second-order valence-electron chi connectivity index (χ2n) is 5.39. The van der Waals surface area contributed by atoms with Gasteiger partial charge in [0.15, 0.2) is 0 Å². The fraction of sp³-hybridized carbons (Fsp3) is 0.438. The van der Waals surface area contributed by atoms with Crippen LogP contribution in [0.5, 0.6) is 5.75 Å². The fourth-order valence-corrected chi connectivity index (χ4v) is 2.60. The molecule has 5 nitrogen and oxygen atoms in total. The van der Waals surface area contributed by atoms with Gasteiger partial charge < -0.3 is 9.64 Å². The number of hydrogen-bond acceptors (Lipinski definition) is 5. The molecule has 2 aromatic rings. The molecule has 2 aromatic heterocycles. The van der Waals surface area contributed by atoms with Gasteiger partial charge >= 0.3 is 0 Å². The Morgan fingerprint density at radius 1 is 1.14 bits per heavy atom. The largest absolute Gasteiger partial charge is 0.493 e. The lowest BCUT2D eigenvalue weighted by atomic mass is 9.98. The number of aromatic nitrogens is 3. The van der Waals surface area contributed by atoms with Crippen molar-refractivity contribution in [1.82, 2.24) is 15.0 Å². The van der Waals surface area contributed by atoms with Crippen molar-refractivity contribution < 1.29 is 4.74 Å². The van der Waals surface area contributed by atoms with E-state index in [4.69, 9.17) is 4.74 Å². The highest BCUT2D eigenvalue weighted by atomic mass is 16.5. The molecule has 0 aliphatic carbocycles. The molecule has 1 saturated heterocycles. The van der Waals surface area contributed by atoms with E-state index in [1.165, 1.54) is 0 Å². The second kappa shape index (κ2) is 6.52. The SMILES string of the molecule is Cc1nccc(N2CCC(COc3ccncc3)CC2)n1. The fourth-order valence-electron chi connectivity index (χ4n) is 2.60. The van der Waals surface area contributed by atoms with Gasteiger partial charge in [-0.25, -0.2) is 9.97 Å². The van der Waals surface area contributed by atoms with Gasteiger partial charge in [-0.05, 0) is 43.9 Å². The number of piperidine rings is 1. The maximum absolute atomic E-state index is 5.82. The first-order chi connectivity index (χ1) is 10.3. The summed E-state index contributed by atoms with van der Waals surface area (Å²) in [6.07, 6.45) is 7.61. The van der Waals surface area contributed by atoms with Gasteiger partial charge in [0.2, 0.25) is 0 Å². The van der Waals surface area contributed by atoms with Crippen LogP contribution in [0, 0.1) is 12.8 Å². The van der Waals surface area contributed by atoms with Gasteiger partial charge in [-0.3, -0.25) is 4.98 Å². The highest BCUT2D eigenvalue weighted by Gasteiger charge is 2.20. The van der Waals surface area contributed by atoms with Gasteiger partial charge in [0, 0.05) is 31.7 Å². The summed E-state index contributed by atoms with van der Waals surface area (Å²) in [7, 11) is 0. The van der Waals surface area contributed by atoms with E-state index < -0.39 is 0 Å². The quantitative estimate of drug-likeness (QED) is 0.863. The number of ether oxygens (including phenoxy) is 1. The zero-order valence-corrected chi connectivity index (χ0v) is 12.3. The van der Waals surface area contributed by atoms with Gasteiger partial charge in [-0.2, -0.15) is 0 Å². The van der Waals surface area contributed by atoms with Crippen molar-refractivity contribution in [3.05, 3.63) is 42.6 Å². The topological polar surface area (TPSA) is 51.1 Å². The predicted octanol–water partition coefficient (Wildman–Crippen LogP) is 2.48. The Morgan fingerprint density at radius 2 is 1.90 bits per heavy atom. The van der Waals surface area contributed by atoms with Crippen LogP contribution in [0.3, 0.4) is 0 Å². The average molecular weight is 284 g/mol. The molecule has 1 fully saturated rings. The molecule has 21 heavy (non-hydrogen) atoms. The lowest BCUT2D eigenvalue weighted by Crippen LogP contribution is -2.36. The number of rotatable bonds is 4. The third-order valence-electron chi connectivity index (χ3n) is 3.84. The van der Waals surface area contributed by atoms with Gasteiger partial charge in [-0.1, -0.05) is 0 Å². The highest BCUT2D eigenvalue weighted by molar-refractivity contribution is 5.37. The van der Waals surface area contributed by atoms with E-state index in [1.807, 2.05) is 31.3 Å².